The van der Waals surface area contributed by atoms with Crippen molar-refractivity contribution in [1.82, 2.24) is 5.32 Å². The van der Waals surface area contributed by atoms with E-state index in [-0.39, 0.29) is 0 Å². The fourth-order valence-corrected chi connectivity index (χ4v) is 2.64. The molecule has 94 valence electrons. The second kappa shape index (κ2) is 6.06. The van der Waals surface area contributed by atoms with Crippen molar-refractivity contribution in [2.45, 2.75) is 39.2 Å². The molecule has 1 saturated heterocycles. The van der Waals surface area contributed by atoms with Crippen LogP contribution in [0.2, 0.25) is 0 Å². The Morgan fingerprint density at radius 3 is 2.35 bits per heavy atom. The molecule has 1 N–H and O–H groups in total. The Morgan fingerprint density at radius 1 is 1.12 bits per heavy atom. The van der Waals surface area contributed by atoms with E-state index in [2.05, 4.69) is 48.3 Å². The highest BCUT2D eigenvalue weighted by atomic mass is 15.1. The highest BCUT2D eigenvalue weighted by Crippen LogP contribution is 2.25. The summed E-state index contributed by atoms with van der Waals surface area (Å²) in [6, 6.07) is 9.68. The first-order chi connectivity index (χ1) is 8.35. The minimum Gasteiger partial charge on any atom is -0.372 e. The Balaban J connectivity index is 2.06. The summed E-state index contributed by atoms with van der Waals surface area (Å²) in [4.78, 5) is 2.39. The maximum Gasteiger partial charge on any atom is 0.0366 e. The maximum atomic E-state index is 3.60. The molecule has 2 heteroatoms. The highest BCUT2D eigenvalue weighted by molar-refractivity contribution is 5.47. The molecule has 17 heavy (non-hydrogen) atoms. The van der Waals surface area contributed by atoms with Crippen molar-refractivity contribution < 1.29 is 0 Å². The Morgan fingerprint density at radius 2 is 1.82 bits per heavy atom. The molecule has 1 aromatic rings. The van der Waals surface area contributed by atoms with E-state index in [9.17, 15) is 0 Å². The molecule has 0 radical (unpaired) electrons. The first kappa shape index (κ1) is 12.4. The highest BCUT2D eigenvalue weighted by Gasteiger charge is 2.14. The van der Waals surface area contributed by atoms with Crippen LogP contribution in [0, 0.1) is 0 Å². The average molecular weight is 232 g/mol. The summed E-state index contributed by atoms with van der Waals surface area (Å²) < 4.78 is 0. The van der Waals surface area contributed by atoms with Gasteiger partial charge in [0.25, 0.3) is 0 Å². The third-order valence-corrected chi connectivity index (χ3v) is 3.73. The zero-order chi connectivity index (χ0) is 12.1. The van der Waals surface area contributed by atoms with Gasteiger partial charge in [0.1, 0.15) is 0 Å². The van der Waals surface area contributed by atoms with Crippen molar-refractivity contribution in [2.24, 2.45) is 0 Å². The molecule has 1 aliphatic heterocycles. The van der Waals surface area contributed by atoms with Crippen LogP contribution in [0.4, 0.5) is 5.69 Å². The summed E-state index contributed by atoms with van der Waals surface area (Å²) in [7, 11) is 0. The average Bonchev–Trinajstić information content (AvgIpc) is 2.42. The summed E-state index contributed by atoms with van der Waals surface area (Å²) in [6.07, 6.45) is 3.97. The van der Waals surface area contributed by atoms with Gasteiger partial charge in [-0.05, 0) is 50.9 Å². The topological polar surface area (TPSA) is 15.3 Å². The first-order valence-electron chi connectivity index (χ1n) is 6.93. The summed E-state index contributed by atoms with van der Waals surface area (Å²) in [5, 5.41) is 3.60. The molecule has 1 fully saturated rings. The van der Waals surface area contributed by atoms with Crippen LogP contribution >= 0.6 is 0 Å². The van der Waals surface area contributed by atoms with Gasteiger partial charge in [0.05, 0.1) is 0 Å². The smallest absolute Gasteiger partial charge is 0.0366 e. The van der Waals surface area contributed by atoms with Crippen LogP contribution in [-0.4, -0.2) is 19.6 Å². The van der Waals surface area contributed by atoms with Crippen LogP contribution in [0.1, 0.15) is 44.7 Å². The molecular weight excluding hydrogens is 208 g/mol. The molecule has 2 rings (SSSR count). The van der Waals surface area contributed by atoms with Crippen LogP contribution in [0.5, 0.6) is 0 Å². The zero-order valence-corrected chi connectivity index (χ0v) is 11.1. The molecule has 0 saturated carbocycles. The molecule has 0 bridgehead atoms. The molecule has 0 spiro atoms. The van der Waals surface area contributed by atoms with Gasteiger partial charge < -0.3 is 10.2 Å². The van der Waals surface area contributed by atoms with E-state index in [1.165, 1.54) is 37.1 Å². The molecule has 1 aromatic carbocycles. The van der Waals surface area contributed by atoms with Crippen molar-refractivity contribution in [3.05, 3.63) is 29.8 Å². The van der Waals surface area contributed by atoms with E-state index >= 15 is 0 Å². The van der Waals surface area contributed by atoms with Gasteiger partial charge in [-0.2, -0.15) is 0 Å². The Kier molecular flexibility index (Phi) is 4.43. The van der Waals surface area contributed by atoms with Crippen LogP contribution in [-0.2, 0) is 0 Å². The number of hydrogen-bond donors (Lipinski definition) is 1. The first-order valence-corrected chi connectivity index (χ1v) is 6.93. The second-order valence-corrected chi connectivity index (χ2v) is 4.77. The van der Waals surface area contributed by atoms with E-state index in [1.54, 1.807) is 0 Å². The molecule has 2 nitrogen and oxygen atoms in total. The van der Waals surface area contributed by atoms with Gasteiger partial charge in [-0.15, -0.1) is 0 Å². The fourth-order valence-electron chi connectivity index (χ4n) is 2.64. The second-order valence-electron chi connectivity index (χ2n) is 4.77. The monoisotopic (exact) mass is 232 g/mol. The van der Waals surface area contributed by atoms with Crippen molar-refractivity contribution in [1.29, 1.82) is 0 Å². The SMILES string of the molecule is CCN(CC)c1ccc(C2CCCCN2)cc1. The van der Waals surface area contributed by atoms with Gasteiger partial charge in [-0.25, -0.2) is 0 Å². The summed E-state index contributed by atoms with van der Waals surface area (Å²) >= 11 is 0. The minimum atomic E-state index is 0.578. The number of piperidine rings is 1. The van der Waals surface area contributed by atoms with Gasteiger partial charge in [0.2, 0.25) is 0 Å². The van der Waals surface area contributed by atoms with Gasteiger partial charge in [-0.1, -0.05) is 18.6 Å². The largest absolute Gasteiger partial charge is 0.372 e. The minimum absolute atomic E-state index is 0.578. The summed E-state index contributed by atoms with van der Waals surface area (Å²) in [6.45, 7) is 7.75. The van der Waals surface area contributed by atoms with Gasteiger partial charge in [0, 0.05) is 24.8 Å². The molecule has 1 heterocycles. The van der Waals surface area contributed by atoms with E-state index in [0.29, 0.717) is 6.04 Å². The van der Waals surface area contributed by atoms with Gasteiger partial charge in [0.15, 0.2) is 0 Å². The predicted molar refractivity (Wildman–Crippen MR) is 74.6 cm³/mol. The summed E-state index contributed by atoms with van der Waals surface area (Å²) in [5.41, 5.74) is 2.79. The lowest BCUT2D eigenvalue weighted by Gasteiger charge is -2.25. The number of nitrogens with one attached hydrogen (secondary N) is 1. The van der Waals surface area contributed by atoms with E-state index < -0.39 is 0 Å². The third kappa shape index (κ3) is 3.01. The van der Waals surface area contributed by atoms with Crippen LogP contribution in [0.3, 0.4) is 0 Å². The molecule has 1 atom stereocenters. The number of rotatable bonds is 4. The standard InChI is InChI=1S/C15H24N2/c1-3-17(4-2)14-10-8-13(9-11-14)15-7-5-6-12-16-15/h8-11,15-16H,3-7,12H2,1-2H3. The lowest BCUT2D eigenvalue weighted by atomic mass is 9.97. The zero-order valence-electron chi connectivity index (χ0n) is 11.1. The Bertz CT molecular complexity index is 321. The lowest BCUT2D eigenvalue weighted by Crippen LogP contribution is -2.27. The van der Waals surface area contributed by atoms with Crippen LogP contribution in [0.15, 0.2) is 24.3 Å². The number of hydrogen-bond acceptors (Lipinski definition) is 2. The van der Waals surface area contributed by atoms with Crippen LogP contribution < -0.4 is 10.2 Å². The molecule has 1 unspecified atom stereocenters. The fraction of sp³-hybridized carbons (Fsp3) is 0.600. The van der Waals surface area contributed by atoms with Crippen LogP contribution in [0.25, 0.3) is 0 Å². The van der Waals surface area contributed by atoms with Crippen molar-refractivity contribution >= 4 is 5.69 Å². The molecular formula is C15H24N2. The van der Waals surface area contributed by atoms with Gasteiger partial charge >= 0.3 is 0 Å². The van der Waals surface area contributed by atoms with Crippen molar-refractivity contribution in [2.75, 3.05) is 24.5 Å². The molecule has 0 aliphatic carbocycles. The maximum absolute atomic E-state index is 3.60. The quantitative estimate of drug-likeness (QED) is 0.856. The van der Waals surface area contributed by atoms with E-state index in [1.807, 2.05) is 0 Å². The van der Waals surface area contributed by atoms with E-state index in [0.717, 1.165) is 13.1 Å². The van der Waals surface area contributed by atoms with Crippen molar-refractivity contribution in [3.8, 4) is 0 Å². The lowest BCUT2D eigenvalue weighted by molar-refractivity contribution is 0.412. The Labute approximate surface area is 105 Å². The van der Waals surface area contributed by atoms with Gasteiger partial charge in [-0.3, -0.25) is 0 Å². The van der Waals surface area contributed by atoms with E-state index in [4.69, 9.17) is 0 Å². The Hall–Kier alpha value is -1.02. The normalized spacial score (nSPS) is 20.2. The molecule has 0 amide bonds. The number of benzene rings is 1. The number of nitrogens with zero attached hydrogens (tertiary/aromatic N) is 1. The van der Waals surface area contributed by atoms with Crippen molar-refractivity contribution in [3.63, 3.8) is 0 Å². The predicted octanol–water partition coefficient (Wildman–Crippen LogP) is 3.35. The molecule has 0 aromatic heterocycles. The number of anilines is 1. The third-order valence-electron chi connectivity index (χ3n) is 3.73. The summed E-state index contributed by atoms with van der Waals surface area (Å²) in [5.74, 6) is 0. The molecule has 1 aliphatic rings.